The van der Waals surface area contributed by atoms with E-state index in [1.54, 1.807) is 11.3 Å². The van der Waals surface area contributed by atoms with E-state index >= 15 is 0 Å². The summed E-state index contributed by atoms with van der Waals surface area (Å²) in [4.78, 5) is 12.2. The Bertz CT molecular complexity index is 634. The van der Waals surface area contributed by atoms with Crippen LogP contribution < -0.4 is 11.1 Å². The van der Waals surface area contributed by atoms with Crippen molar-refractivity contribution < 1.29 is 4.52 Å². The second-order valence-corrected chi connectivity index (χ2v) is 4.18. The van der Waals surface area contributed by atoms with Gasteiger partial charge in [0.05, 0.1) is 16.8 Å². The maximum atomic E-state index is 5.63. The zero-order valence-electron chi connectivity index (χ0n) is 8.62. The van der Waals surface area contributed by atoms with Crippen molar-refractivity contribution in [1.82, 2.24) is 20.1 Å². The Morgan fingerprint density at radius 3 is 3.18 bits per heavy atom. The van der Waals surface area contributed by atoms with Crippen LogP contribution in [0.1, 0.15) is 5.82 Å². The van der Waals surface area contributed by atoms with E-state index in [1.165, 1.54) is 6.39 Å². The molecule has 3 aromatic rings. The third-order valence-electron chi connectivity index (χ3n) is 2.14. The van der Waals surface area contributed by atoms with Crippen LogP contribution in [0.5, 0.6) is 0 Å². The van der Waals surface area contributed by atoms with Gasteiger partial charge < -0.3 is 15.6 Å². The van der Waals surface area contributed by atoms with Crippen molar-refractivity contribution in [1.29, 1.82) is 0 Å². The van der Waals surface area contributed by atoms with Gasteiger partial charge in [0.2, 0.25) is 12.3 Å². The smallest absolute Gasteiger partial charge is 0.222 e. The Morgan fingerprint density at radius 1 is 1.41 bits per heavy atom. The minimum atomic E-state index is 0.242. The van der Waals surface area contributed by atoms with Gasteiger partial charge in [-0.2, -0.15) is 9.97 Å². The van der Waals surface area contributed by atoms with Crippen LogP contribution in [0.25, 0.3) is 10.2 Å². The number of nitrogens with two attached hydrogens (primary N) is 1. The molecular formula is C9H8N6OS. The minimum absolute atomic E-state index is 0.242. The van der Waals surface area contributed by atoms with Gasteiger partial charge in [0.25, 0.3) is 0 Å². The lowest BCUT2D eigenvalue weighted by Gasteiger charge is -2.04. The lowest BCUT2D eigenvalue weighted by Crippen LogP contribution is -2.05. The fourth-order valence-corrected chi connectivity index (χ4v) is 2.23. The quantitative estimate of drug-likeness (QED) is 0.719. The van der Waals surface area contributed by atoms with E-state index in [4.69, 9.17) is 5.73 Å². The molecule has 7 nitrogen and oxygen atoms in total. The first kappa shape index (κ1) is 9.97. The Hall–Kier alpha value is -2.22. The maximum Gasteiger partial charge on any atom is 0.222 e. The monoisotopic (exact) mass is 248 g/mol. The summed E-state index contributed by atoms with van der Waals surface area (Å²) >= 11 is 1.55. The van der Waals surface area contributed by atoms with Crippen LogP contribution >= 0.6 is 11.3 Å². The Balaban J connectivity index is 1.91. The molecule has 0 unspecified atom stereocenters. The molecule has 0 saturated carbocycles. The number of fused-ring (bicyclic) bond motifs is 1. The van der Waals surface area contributed by atoms with Gasteiger partial charge in [-0.3, -0.25) is 0 Å². The minimum Gasteiger partial charge on any atom is -0.368 e. The summed E-state index contributed by atoms with van der Waals surface area (Å²) in [5.74, 6) is 1.49. The first-order chi connectivity index (χ1) is 8.33. The summed E-state index contributed by atoms with van der Waals surface area (Å²) in [6.07, 6.45) is 1.28. The van der Waals surface area contributed by atoms with Crippen LogP contribution in [0.2, 0.25) is 0 Å². The predicted molar refractivity (Wildman–Crippen MR) is 63.5 cm³/mol. The number of nitrogens with zero attached hydrogens (tertiary/aromatic N) is 4. The Kier molecular flexibility index (Phi) is 2.33. The molecule has 3 N–H and O–H groups in total. The molecule has 0 radical (unpaired) electrons. The number of hydrogen-bond donors (Lipinski definition) is 2. The third-order valence-corrected chi connectivity index (χ3v) is 3.05. The second-order valence-electron chi connectivity index (χ2n) is 3.27. The van der Waals surface area contributed by atoms with E-state index in [0.717, 1.165) is 10.2 Å². The summed E-state index contributed by atoms with van der Waals surface area (Å²) in [7, 11) is 0. The van der Waals surface area contributed by atoms with E-state index in [1.807, 2.05) is 11.4 Å². The lowest BCUT2D eigenvalue weighted by atomic mass is 10.4. The highest BCUT2D eigenvalue weighted by Crippen LogP contribution is 2.26. The molecule has 3 rings (SSSR count). The molecule has 3 aromatic heterocycles. The van der Waals surface area contributed by atoms with Crippen molar-refractivity contribution in [3.05, 3.63) is 23.7 Å². The molecule has 0 fully saturated rings. The Morgan fingerprint density at radius 2 is 2.35 bits per heavy atom. The zero-order valence-corrected chi connectivity index (χ0v) is 9.44. The zero-order chi connectivity index (χ0) is 11.7. The molecule has 0 saturated heterocycles. The highest BCUT2D eigenvalue weighted by atomic mass is 32.1. The topological polar surface area (TPSA) is 103 Å². The third kappa shape index (κ3) is 1.89. The van der Waals surface area contributed by atoms with Crippen LogP contribution in [-0.4, -0.2) is 20.1 Å². The van der Waals surface area contributed by atoms with Crippen molar-refractivity contribution in [3.8, 4) is 0 Å². The lowest BCUT2D eigenvalue weighted by molar-refractivity contribution is 0.411. The van der Waals surface area contributed by atoms with Gasteiger partial charge >= 0.3 is 0 Å². The normalized spacial score (nSPS) is 10.8. The molecule has 8 heteroatoms. The summed E-state index contributed by atoms with van der Waals surface area (Å²) in [5.41, 5.74) is 6.46. The van der Waals surface area contributed by atoms with Crippen molar-refractivity contribution in [2.45, 2.75) is 6.54 Å². The van der Waals surface area contributed by atoms with E-state index in [2.05, 4.69) is 29.9 Å². The van der Waals surface area contributed by atoms with Gasteiger partial charge in [0.1, 0.15) is 5.82 Å². The first-order valence-corrected chi connectivity index (χ1v) is 5.71. The number of thiophene rings is 1. The number of rotatable bonds is 3. The summed E-state index contributed by atoms with van der Waals surface area (Å²) in [6.45, 7) is 0.431. The number of nitrogens with one attached hydrogen (secondary N) is 1. The molecule has 0 atom stereocenters. The molecule has 0 spiro atoms. The first-order valence-electron chi connectivity index (χ1n) is 4.83. The molecule has 3 heterocycles. The largest absolute Gasteiger partial charge is 0.368 e. The number of anilines is 2. The predicted octanol–water partition coefficient (Wildman–Crippen LogP) is 1.27. The van der Waals surface area contributed by atoms with Crippen LogP contribution in [0.15, 0.2) is 22.4 Å². The number of aromatic nitrogens is 4. The van der Waals surface area contributed by atoms with Gasteiger partial charge in [-0.15, -0.1) is 11.3 Å². The molecular weight excluding hydrogens is 240 g/mol. The van der Waals surface area contributed by atoms with Gasteiger partial charge in [0.15, 0.2) is 5.82 Å². The summed E-state index contributed by atoms with van der Waals surface area (Å²) in [5, 5.41) is 8.76. The Labute approximate surface area is 99.7 Å². The van der Waals surface area contributed by atoms with E-state index < -0.39 is 0 Å². The van der Waals surface area contributed by atoms with E-state index in [-0.39, 0.29) is 5.95 Å². The second kappa shape index (κ2) is 3.98. The van der Waals surface area contributed by atoms with Crippen LogP contribution in [0, 0.1) is 0 Å². The number of hydrogen-bond acceptors (Lipinski definition) is 8. The van der Waals surface area contributed by atoms with Crippen LogP contribution in [0.3, 0.4) is 0 Å². The van der Waals surface area contributed by atoms with Crippen LogP contribution in [-0.2, 0) is 6.54 Å². The molecule has 0 aromatic carbocycles. The average Bonchev–Trinajstić information content (AvgIpc) is 2.95. The molecule has 86 valence electrons. The maximum absolute atomic E-state index is 5.63. The fraction of sp³-hybridized carbons (Fsp3) is 0.111. The summed E-state index contributed by atoms with van der Waals surface area (Å²) < 4.78 is 5.60. The molecule has 17 heavy (non-hydrogen) atoms. The van der Waals surface area contributed by atoms with Gasteiger partial charge in [-0.05, 0) is 11.4 Å². The highest BCUT2D eigenvalue weighted by molar-refractivity contribution is 7.17. The fourth-order valence-electron chi connectivity index (χ4n) is 1.43. The SMILES string of the molecule is Nc1nc(NCc2ncon2)c2sccc2n1. The highest BCUT2D eigenvalue weighted by Gasteiger charge is 2.08. The average molecular weight is 248 g/mol. The molecule has 0 aliphatic heterocycles. The van der Waals surface area contributed by atoms with Gasteiger partial charge in [-0.1, -0.05) is 5.16 Å². The molecule has 0 bridgehead atoms. The van der Waals surface area contributed by atoms with Gasteiger partial charge in [0, 0.05) is 0 Å². The van der Waals surface area contributed by atoms with E-state index in [0.29, 0.717) is 18.2 Å². The van der Waals surface area contributed by atoms with Crippen molar-refractivity contribution in [3.63, 3.8) is 0 Å². The van der Waals surface area contributed by atoms with Crippen LogP contribution in [0.4, 0.5) is 11.8 Å². The molecule has 0 aliphatic rings. The number of nitrogen functional groups attached to an aromatic ring is 1. The molecule has 0 aliphatic carbocycles. The van der Waals surface area contributed by atoms with Gasteiger partial charge in [-0.25, -0.2) is 4.98 Å². The van der Waals surface area contributed by atoms with Crippen molar-refractivity contribution >= 4 is 33.3 Å². The molecule has 0 amide bonds. The van der Waals surface area contributed by atoms with E-state index in [9.17, 15) is 0 Å². The van der Waals surface area contributed by atoms with Crippen molar-refractivity contribution in [2.24, 2.45) is 0 Å². The standard InChI is InChI=1S/C9H8N6OS/c10-9-13-5-1-2-17-7(5)8(14-9)11-3-6-12-4-16-15-6/h1-2,4H,3H2,(H3,10,11,13,14). The van der Waals surface area contributed by atoms with Crippen molar-refractivity contribution in [2.75, 3.05) is 11.1 Å². The summed E-state index contributed by atoms with van der Waals surface area (Å²) in [6, 6.07) is 1.90.